The first-order chi connectivity index (χ1) is 7.76. The van der Waals surface area contributed by atoms with E-state index in [-0.39, 0.29) is 5.97 Å². The second-order valence-corrected chi connectivity index (χ2v) is 4.08. The van der Waals surface area contributed by atoms with E-state index in [1.165, 1.54) is 0 Å². The van der Waals surface area contributed by atoms with Gasteiger partial charge < -0.3 is 14.4 Å². The maximum absolute atomic E-state index is 11.2. The summed E-state index contributed by atoms with van der Waals surface area (Å²) < 4.78 is 10.5. The largest absolute Gasteiger partial charge is 0.466 e. The monoisotopic (exact) mass is 229 g/mol. The van der Waals surface area contributed by atoms with Crippen LogP contribution >= 0.6 is 0 Å². The number of hydrogen-bond acceptors (Lipinski definition) is 4. The summed E-state index contributed by atoms with van der Waals surface area (Å²) >= 11 is 0. The van der Waals surface area contributed by atoms with Gasteiger partial charge in [0.2, 0.25) is 0 Å². The minimum Gasteiger partial charge on any atom is -0.466 e. The van der Waals surface area contributed by atoms with Crippen LogP contribution in [0, 0.1) is 0 Å². The molecule has 1 aliphatic rings. The first-order valence-corrected chi connectivity index (χ1v) is 6.25. The van der Waals surface area contributed by atoms with Crippen LogP contribution in [0.5, 0.6) is 0 Å². The van der Waals surface area contributed by atoms with Gasteiger partial charge in [0, 0.05) is 19.7 Å². The quantitative estimate of drug-likeness (QED) is 0.646. The Morgan fingerprint density at radius 2 is 2.19 bits per heavy atom. The Morgan fingerprint density at radius 1 is 1.38 bits per heavy atom. The topological polar surface area (TPSA) is 38.8 Å². The van der Waals surface area contributed by atoms with Crippen molar-refractivity contribution in [3.63, 3.8) is 0 Å². The van der Waals surface area contributed by atoms with Gasteiger partial charge in [-0.3, -0.25) is 4.79 Å². The van der Waals surface area contributed by atoms with Crippen LogP contribution in [0.25, 0.3) is 0 Å². The lowest BCUT2D eigenvalue weighted by atomic mass is 10.1. The van der Waals surface area contributed by atoms with Crippen molar-refractivity contribution in [2.24, 2.45) is 0 Å². The van der Waals surface area contributed by atoms with Gasteiger partial charge in [-0.25, -0.2) is 0 Å². The molecule has 0 radical (unpaired) electrons. The maximum Gasteiger partial charge on any atom is 0.307 e. The molecule has 16 heavy (non-hydrogen) atoms. The molecule has 1 heterocycles. The van der Waals surface area contributed by atoms with Crippen LogP contribution in [-0.4, -0.2) is 49.8 Å². The predicted molar refractivity (Wildman–Crippen MR) is 62.3 cm³/mol. The molecule has 1 saturated heterocycles. The van der Waals surface area contributed by atoms with Gasteiger partial charge in [-0.05, 0) is 33.2 Å². The zero-order valence-electron chi connectivity index (χ0n) is 10.4. The molecule has 0 N–H and O–H groups in total. The molecule has 1 fully saturated rings. The number of hydrogen-bond donors (Lipinski definition) is 0. The Balaban J connectivity index is 2.18. The van der Waals surface area contributed by atoms with Gasteiger partial charge in [0.1, 0.15) is 0 Å². The number of rotatable bonds is 6. The smallest absolute Gasteiger partial charge is 0.307 e. The summed E-state index contributed by atoms with van der Waals surface area (Å²) in [7, 11) is 0. The van der Waals surface area contributed by atoms with Crippen LogP contribution in [-0.2, 0) is 14.3 Å². The van der Waals surface area contributed by atoms with Crippen molar-refractivity contribution in [3.8, 4) is 0 Å². The lowest BCUT2D eigenvalue weighted by molar-refractivity contribution is -0.143. The second-order valence-electron chi connectivity index (χ2n) is 4.08. The number of carbonyl (C=O) groups excluding carboxylic acids is 1. The van der Waals surface area contributed by atoms with E-state index < -0.39 is 0 Å². The lowest BCUT2D eigenvalue weighted by Crippen LogP contribution is -2.40. The van der Waals surface area contributed by atoms with Gasteiger partial charge >= 0.3 is 5.97 Å². The van der Waals surface area contributed by atoms with Crippen LogP contribution in [0.1, 0.15) is 33.1 Å². The minimum atomic E-state index is -0.0963. The highest BCUT2D eigenvalue weighted by Gasteiger charge is 2.20. The van der Waals surface area contributed by atoms with E-state index in [1.54, 1.807) is 0 Å². The molecule has 1 aliphatic heterocycles. The summed E-state index contributed by atoms with van der Waals surface area (Å²) in [6.07, 6.45) is 3.14. The van der Waals surface area contributed by atoms with Gasteiger partial charge in [0.05, 0.1) is 19.1 Å². The summed E-state index contributed by atoms with van der Waals surface area (Å²) in [5.74, 6) is -0.0963. The van der Waals surface area contributed by atoms with E-state index in [0.717, 1.165) is 39.1 Å². The summed E-state index contributed by atoms with van der Waals surface area (Å²) in [6, 6.07) is 0. The van der Waals surface area contributed by atoms with Crippen molar-refractivity contribution in [2.75, 3.05) is 32.8 Å². The number of esters is 1. The van der Waals surface area contributed by atoms with Crippen molar-refractivity contribution >= 4 is 5.97 Å². The maximum atomic E-state index is 11.2. The normalized spacial score (nSPS) is 22.0. The number of ether oxygens (including phenoxy) is 2. The van der Waals surface area contributed by atoms with Crippen molar-refractivity contribution in [1.29, 1.82) is 0 Å². The van der Waals surface area contributed by atoms with Crippen molar-refractivity contribution in [3.05, 3.63) is 0 Å². The molecule has 0 amide bonds. The fourth-order valence-electron chi connectivity index (χ4n) is 2.07. The van der Waals surface area contributed by atoms with E-state index in [1.807, 2.05) is 13.8 Å². The third kappa shape index (κ3) is 4.94. The van der Waals surface area contributed by atoms with Gasteiger partial charge in [0.15, 0.2) is 0 Å². The molecule has 0 bridgehead atoms. The molecular weight excluding hydrogens is 206 g/mol. The standard InChI is InChI=1S/C12H23NO3/c1-3-15-11-6-5-8-13(10-11)9-7-12(14)16-4-2/h11H,3-10H2,1-2H3. The van der Waals surface area contributed by atoms with Crippen molar-refractivity contribution < 1.29 is 14.3 Å². The molecule has 1 atom stereocenters. The molecule has 94 valence electrons. The Hall–Kier alpha value is -0.610. The van der Waals surface area contributed by atoms with Crippen molar-refractivity contribution in [2.45, 2.75) is 39.2 Å². The molecular formula is C12H23NO3. The van der Waals surface area contributed by atoms with E-state index in [9.17, 15) is 4.79 Å². The third-order valence-corrected chi connectivity index (χ3v) is 2.80. The van der Waals surface area contributed by atoms with Crippen LogP contribution in [0.2, 0.25) is 0 Å². The van der Waals surface area contributed by atoms with Gasteiger partial charge in [-0.15, -0.1) is 0 Å². The number of carbonyl (C=O) groups is 1. The molecule has 0 spiro atoms. The van der Waals surface area contributed by atoms with Gasteiger partial charge in [-0.1, -0.05) is 0 Å². The fourth-order valence-corrected chi connectivity index (χ4v) is 2.07. The number of likely N-dealkylation sites (tertiary alicyclic amines) is 1. The first-order valence-electron chi connectivity index (χ1n) is 6.25. The zero-order valence-corrected chi connectivity index (χ0v) is 10.4. The Labute approximate surface area is 97.9 Å². The average Bonchev–Trinajstić information content (AvgIpc) is 2.28. The molecule has 1 unspecified atom stereocenters. The van der Waals surface area contributed by atoms with Crippen LogP contribution in [0.15, 0.2) is 0 Å². The number of piperidine rings is 1. The highest BCUT2D eigenvalue weighted by Crippen LogP contribution is 2.13. The molecule has 0 saturated carbocycles. The third-order valence-electron chi connectivity index (χ3n) is 2.80. The summed E-state index contributed by atoms with van der Waals surface area (Å²) in [5, 5.41) is 0. The molecule has 4 nitrogen and oxygen atoms in total. The van der Waals surface area contributed by atoms with E-state index in [0.29, 0.717) is 19.1 Å². The van der Waals surface area contributed by atoms with E-state index >= 15 is 0 Å². The Kier molecular flexibility index (Phi) is 6.42. The number of nitrogens with zero attached hydrogens (tertiary/aromatic N) is 1. The molecule has 0 aromatic rings. The first kappa shape index (κ1) is 13.5. The molecule has 1 rings (SSSR count). The zero-order chi connectivity index (χ0) is 11.8. The summed E-state index contributed by atoms with van der Waals surface area (Å²) in [6.45, 7) is 7.93. The Morgan fingerprint density at radius 3 is 2.88 bits per heavy atom. The average molecular weight is 229 g/mol. The fraction of sp³-hybridized carbons (Fsp3) is 0.917. The Bertz CT molecular complexity index is 206. The predicted octanol–water partition coefficient (Wildman–Crippen LogP) is 1.44. The van der Waals surface area contributed by atoms with Gasteiger partial charge in [0.25, 0.3) is 0 Å². The van der Waals surface area contributed by atoms with Gasteiger partial charge in [-0.2, -0.15) is 0 Å². The highest BCUT2D eigenvalue weighted by atomic mass is 16.5. The SMILES string of the molecule is CCOC(=O)CCN1CCCC(OCC)C1. The van der Waals surface area contributed by atoms with Crippen LogP contribution in [0.3, 0.4) is 0 Å². The minimum absolute atomic E-state index is 0.0963. The van der Waals surface area contributed by atoms with Crippen LogP contribution in [0.4, 0.5) is 0 Å². The van der Waals surface area contributed by atoms with E-state index in [2.05, 4.69) is 4.90 Å². The summed E-state index contributed by atoms with van der Waals surface area (Å²) in [4.78, 5) is 13.5. The highest BCUT2D eigenvalue weighted by molar-refractivity contribution is 5.69. The molecule has 0 aliphatic carbocycles. The summed E-state index contributed by atoms with van der Waals surface area (Å²) in [5.41, 5.74) is 0. The van der Waals surface area contributed by atoms with Crippen molar-refractivity contribution in [1.82, 2.24) is 4.90 Å². The lowest BCUT2D eigenvalue weighted by Gasteiger charge is -2.32. The molecule has 0 aromatic carbocycles. The van der Waals surface area contributed by atoms with Crippen LogP contribution < -0.4 is 0 Å². The second kappa shape index (κ2) is 7.63. The van der Waals surface area contributed by atoms with E-state index in [4.69, 9.17) is 9.47 Å². The molecule has 4 heteroatoms. The molecule has 0 aromatic heterocycles.